The fourth-order valence-electron chi connectivity index (χ4n) is 1.39. The Kier molecular flexibility index (Phi) is 6.45. The third-order valence-corrected chi connectivity index (χ3v) is 7.42. The van der Waals surface area contributed by atoms with E-state index in [1.54, 1.807) is 11.3 Å². The van der Waals surface area contributed by atoms with Crippen LogP contribution in [0.2, 0.25) is 0 Å². The minimum Gasteiger partial charge on any atom is -0.370 e. The van der Waals surface area contributed by atoms with Crippen molar-refractivity contribution in [2.75, 3.05) is 19.8 Å². The van der Waals surface area contributed by atoms with Crippen LogP contribution in [0.4, 0.5) is 0 Å². The summed E-state index contributed by atoms with van der Waals surface area (Å²) in [6.45, 7) is 7.75. The van der Waals surface area contributed by atoms with Gasteiger partial charge in [0.25, 0.3) is 0 Å². The Morgan fingerprint density at radius 3 is 1.88 bits per heavy atom. The molecule has 0 aromatic carbocycles. The normalized spacial score (nSPS) is 12.0. The fourth-order valence-corrected chi connectivity index (χ4v) is 6.85. The summed E-state index contributed by atoms with van der Waals surface area (Å²) in [5.74, 6) is 0. The van der Waals surface area contributed by atoms with E-state index >= 15 is 0 Å². The van der Waals surface area contributed by atoms with Crippen molar-refractivity contribution in [3.8, 4) is 0 Å². The monoisotopic (exact) mass is 372 g/mol. The van der Waals surface area contributed by atoms with E-state index in [2.05, 4.69) is 34.7 Å². The molecule has 0 N–H and O–H groups in total. The Bertz CT molecular complexity index is 302. The second-order valence-electron chi connectivity index (χ2n) is 2.96. The Morgan fingerprint density at radius 1 is 1.06 bits per heavy atom. The Labute approximate surface area is 116 Å². The van der Waals surface area contributed by atoms with Gasteiger partial charge in [-0.25, -0.2) is 0 Å². The van der Waals surface area contributed by atoms with Crippen LogP contribution >= 0.6 is 33.9 Å². The van der Waals surface area contributed by atoms with Crippen LogP contribution in [-0.2, 0) is 13.3 Å². The molecule has 1 aromatic rings. The summed E-state index contributed by atoms with van der Waals surface area (Å²) in [5.41, 5.74) is 0. The van der Waals surface area contributed by atoms with E-state index in [9.17, 15) is 0 Å². The summed E-state index contributed by atoms with van der Waals surface area (Å²) in [6, 6.07) is 4.12. The molecule has 0 amide bonds. The Hall–Kier alpha value is 0.527. The molecule has 1 aromatic heterocycles. The zero-order valence-electron chi connectivity index (χ0n) is 9.79. The highest BCUT2D eigenvalue weighted by molar-refractivity contribution is 14.1. The number of halogens is 1. The highest BCUT2D eigenvalue weighted by atomic mass is 127. The molecular formula is C10H17IO3SSi. The Morgan fingerprint density at radius 2 is 1.56 bits per heavy atom. The lowest BCUT2D eigenvalue weighted by molar-refractivity contribution is 0.0866. The predicted octanol–water partition coefficient (Wildman–Crippen LogP) is 2.61. The van der Waals surface area contributed by atoms with E-state index < -0.39 is 8.80 Å². The van der Waals surface area contributed by atoms with Gasteiger partial charge in [-0.2, -0.15) is 0 Å². The first-order chi connectivity index (χ1) is 7.68. The molecule has 92 valence electrons. The molecule has 0 radical (unpaired) electrons. The molecule has 3 nitrogen and oxygen atoms in total. The third kappa shape index (κ3) is 3.51. The van der Waals surface area contributed by atoms with Crippen LogP contribution in [0.1, 0.15) is 20.8 Å². The average molecular weight is 372 g/mol. The number of rotatable bonds is 7. The first kappa shape index (κ1) is 14.6. The smallest absolute Gasteiger partial charge is 0.370 e. The van der Waals surface area contributed by atoms with Crippen molar-refractivity contribution in [3.63, 3.8) is 0 Å². The molecule has 0 aliphatic rings. The molecule has 0 spiro atoms. The van der Waals surface area contributed by atoms with Crippen molar-refractivity contribution in [3.05, 3.63) is 15.0 Å². The summed E-state index contributed by atoms with van der Waals surface area (Å²) < 4.78 is 19.8. The van der Waals surface area contributed by atoms with Gasteiger partial charge < -0.3 is 13.3 Å². The first-order valence-electron chi connectivity index (χ1n) is 5.36. The standard InChI is InChI=1S/C10H17IO3SSi/c1-4-12-16(13-5-2,14-6-3)10-8-7-9(11)15-10/h7-8H,4-6H2,1-3H3. The second-order valence-corrected chi connectivity index (χ2v) is 8.82. The largest absolute Gasteiger partial charge is 0.547 e. The predicted molar refractivity (Wildman–Crippen MR) is 77.3 cm³/mol. The van der Waals surface area contributed by atoms with Gasteiger partial charge in [-0.1, -0.05) is 0 Å². The highest BCUT2D eigenvalue weighted by Gasteiger charge is 2.44. The van der Waals surface area contributed by atoms with Crippen molar-refractivity contribution in [1.82, 2.24) is 0 Å². The third-order valence-electron chi connectivity index (χ3n) is 1.88. The lowest BCUT2D eigenvalue weighted by Crippen LogP contribution is -2.55. The number of hydrogen-bond acceptors (Lipinski definition) is 4. The summed E-state index contributed by atoms with van der Waals surface area (Å²) in [6.07, 6.45) is 0. The van der Waals surface area contributed by atoms with E-state index in [0.717, 1.165) is 4.50 Å². The van der Waals surface area contributed by atoms with Crippen molar-refractivity contribution >= 4 is 47.2 Å². The molecule has 0 saturated heterocycles. The van der Waals surface area contributed by atoms with E-state index in [1.165, 1.54) is 2.88 Å². The minimum atomic E-state index is -2.64. The maximum atomic E-state index is 5.81. The zero-order valence-corrected chi connectivity index (χ0v) is 13.8. The second kappa shape index (κ2) is 7.07. The molecule has 1 rings (SSSR count). The summed E-state index contributed by atoms with van der Waals surface area (Å²) in [4.78, 5) is 0. The van der Waals surface area contributed by atoms with Crippen LogP contribution in [0.25, 0.3) is 0 Å². The summed E-state index contributed by atoms with van der Waals surface area (Å²) >= 11 is 3.99. The van der Waals surface area contributed by atoms with E-state index in [4.69, 9.17) is 13.3 Å². The highest BCUT2D eigenvalue weighted by Crippen LogP contribution is 2.18. The SMILES string of the molecule is CCO[Si](OCC)(OCC)c1ccc(I)s1. The molecule has 0 unspecified atom stereocenters. The van der Waals surface area contributed by atoms with Gasteiger partial charge in [0.2, 0.25) is 0 Å². The van der Waals surface area contributed by atoms with Gasteiger partial charge >= 0.3 is 8.80 Å². The lowest BCUT2D eigenvalue weighted by Gasteiger charge is -2.27. The van der Waals surface area contributed by atoms with Gasteiger partial charge in [0.1, 0.15) is 0 Å². The number of thiophene rings is 1. The molecule has 0 saturated carbocycles. The van der Waals surface area contributed by atoms with Gasteiger partial charge in [-0.3, -0.25) is 0 Å². The molecular weight excluding hydrogens is 355 g/mol. The van der Waals surface area contributed by atoms with Crippen molar-refractivity contribution in [1.29, 1.82) is 0 Å². The first-order valence-corrected chi connectivity index (χ1v) is 8.98. The fraction of sp³-hybridized carbons (Fsp3) is 0.600. The van der Waals surface area contributed by atoms with Crippen molar-refractivity contribution < 1.29 is 13.3 Å². The molecule has 0 atom stereocenters. The van der Waals surface area contributed by atoms with E-state index in [0.29, 0.717) is 19.8 Å². The van der Waals surface area contributed by atoms with Gasteiger partial charge in [-0.15, -0.1) is 11.3 Å². The maximum absolute atomic E-state index is 5.81. The van der Waals surface area contributed by atoms with Gasteiger partial charge in [0.15, 0.2) is 0 Å². The zero-order chi connectivity index (χ0) is 12.0. The van der Waals surface area contributed by atoms with Crippen molar-refractivity contribution in [2.24, 2.45) is 0 Å². The van der Waals surface area contributed by atoms with Crippen LogP contribution in [0.15, 0.2) is 12.1 Å². The topological polar surface area (TPSA) is 27.7 Å². The minimum absolute atomic E-state index is 0.612. The number of hydrogen-bond donors (Lipinski definition) is 0. The molecule has 0 bridgehead atoms. The molecule has 0 aliphatic heterocycles. The lowest BCUT2D eigenvalue weighted by atomic mass is 10.7. The molecule has 0 fully saturated rings. The van der Waals surface area contributed by atoms with Crippen molar-refractivity contribution in [2.45, 2.75) is 20.8 Å². The van der Waals surface area contributed by atoms with Gasteiger partial charge in [0.05, 0.1) is 7.38 Å². The molecule has 16 heavy (non-hydrogen) atoms. The van der Waals surface area contributed by atoms with Crippen LogP contribution < -0.4 is 4.50 Å². The van der Waals surface area contributed by atoms with Crippen LogP contribution in [0.3, 0.4) is 0 Å². The van der Waals surface area contributed by atoms with Gasteiger partial charge in [0, 0.05) is 19.8 Å². The molecule has 0 aliphatic carbocycles. The average Bonchev–Trinajstić information content (AvgIpc) is 2.66. The quantitative estimate of drug-likeness (QED) is 0.544. The Balaban J connectivity index is 2.98. The van der Waals surface area contributed by atoms with Crippen LogP contribution in [-0.4, -0.2) is 28.6 Å². The van der Waals surface area contributed by atoms with E-state index in [1.807, 2.05) is 20.8 Å². The van der Waals surface area contributed by atoms with Gasteiger partial charge in [-0.05, 0) is 55.5 Å². The molecule has 1 heterocycles. The summed E-state index contributed by atoms with van der Waals surface area (Å²) in [5, 5.41) is 0. The summed E-state index contributed by atoms with van der Waals surface area (Å²) in [7, 11) is -2.64. The van der Waals surface area contributed by atoms with E-state index in [-0.39, 0.29) is 0 Å². The van der Waals surface area contributed by atoms with Crippen LogP contribution in [0, 0.1) is 2.88 Å². The van der Waals surface area contributed by atoms with Crippen LogP contribution in [0.5, 0.6) is 0 Å². The molecule has 6 heteroatoms. The maximum Gasteiger partial charge on any atom is 0.547 e.